The van der Waals surface area contributed by atoms with Gasteiger partial charge in [0.25, 0.3) is 0 Å². The van der Waals surface area contributed by atoms with Crippen LogP contribution in [0.1, 0.15) is 31.6 Å². The first-order chi connectivity index (χ1) is 11.1. The molecule has 6 nitrogen and oxygen atoms in total. The molecule has 1 atom stereocenters. The molecule has 1 N–H and O–H groups in total. The molecular weight excluding hydrogens is 304 g/mol. The zero-order chi connectivity index (χ0) is 16.2. The SMILES string of the molecule is O=C(CC1CCCN1)N1CCN(Cc2nccn2C(F)F)CC1. The van der Waals surface area contributed by atoms with Crippen molar-refractivity contribution in [2.24, 2.45) is 0 Å². The van der Waals surface area contributed by atoms with E-state index in [1.54, 1.807) is 0 Å². The summed E-state index contributed by atoms with van der Waals surface area (Å²) < 4.78 is 26.5. The largest absolute Gasteiger partial charge is 0.340 e. The first kappa shape index (κ1) is 16.3. The van der Waals surface area contributed by atoms with Gasteiger partial charge in [-0.1, -0.05) is 0 Å². The van der Waals surface area contributed by atoms with E-state index < -0.39 is 6.55 Å². The molecule has 2 fully saturated rings. The van der Waals surface area contributed by atoms with Crippen molar-refractivity contribution in [2.45, 2.75) is 38.4 Å². The fourth-order valence-corrected chi connectivity index (χ4v) is 3.27. The molecule has 8 heteroatoms. The third-order valence-corrected chi connectivity index (χ3v) is 4.63. The Bertz CT molecular complexity index is 522. The number of carbonyl (C=O) groups excluding carboxylic acids is 1. The normalized spacial score (nSPS) is 22.9. The molecule has 0 aromatic carbocycles. The third kappa shape index (κ3) is 4.06. The summed E-state index contributed by atoms with van der Waals surface area (Å²) in [6, 6.07) is 0.319. The van der Waals surface area contributed by atoms with Gasteiger partial charge in [0.2, 0.25) is 5.91 Å². The summed E-state index contributed by atoms with van der Waals surface area (Å²) in [5, 5.41) is 3.34. The zero-order valence-electron chi connectivity index (χ0n) is 13.1. The highest BCUT2D eigenvalue weighted by Crippen LogP contribution is 2.16. The number of aromatic nitrogens is 2. The topological polar surface area (TPSA) is 53.4 Å². The van der Waals surface area contributed by atoms with Gasteiger partial charge in [-0.25, -0.2) is 4.98 Å². The Labute approximate surface area is 134 Å². The smallest absolute Gasteiger partial charge is 0.319 e. The average molecular weight is 327 g/mol. The van der Waals surface area contributed by atoms with Crippen molar-refractivity contribution in [3.05, 3.63) is 18.2 Å². The summed E-state index contributed by atoms with van der Waals surface area (Å²) in [7, 11) is 0. The number of nitrogens with zero attached hydrogens (tertiary/aromatic N) is 4. The number of hydrogen-bond donors (Lipinski definition) is 1. The number of nitrogens with one attached hydrogen (secondary N) is 1. The van der Waals surface area contributed by atoms with Gasteiger partial charge in [-0.2, -0.15) is 8.78 Å². The number of rotatable bonds is 5. The molecule has 2 aliphatic rings. The second-order valence-corrected chi connectivity index (χ2v) is 6.18. The number of amides is 1. The van der Waals surface area contributed by atoms with Gasteiger partial charge in [0.05, 0.1) is 6.54 Å². The maximum absolute atomic E-state index is 12.8. The third-order valence-electron chi connectivity index (χ3n) is 4.63. The monoisotopic (exact) mass is 327 g/mol. The average Bonchev–Trinajstić information content (AvgIpc) is 3.19. The molecule has 0 aliphatic carbocycles. The summed E-state index contributed by atoms with van der Waals surface area (Å²) in [4.78, 5) is 20.2. The van der Waals surface area contributed by atoms with Crippen molar-refractivity contribution >= 4 is 5.91 Å². The van der Waals surface area contributed by atoms with Gasteiger partial charge >= 0.3 is 6.55 Å². The lowest BCUT2D eigenvalue weighted by atomic mass is 10.1. The summed E-state index contributed by atoms with van der Waals surface area (Å²) in [6.07, 6.45) is 5.48. The van der Waals surface area contributed by atoms with E-state index in [0.29, 0.717) is 51.0 Å². The molecule has 2 aliphatic heterocycles. The number of piperazine rings is 1. The number of hydrogen-bond acceptors (Lipinski definition) is 4. The van der Waals surface area contributed by atoms with Gasteiger partial charge in [-0.15, -0.1) is 0 Å². The molecule has 0 saturated carbocycles. The summed E-state index contributed by atoms with van der Waals surface area (Å²) in [6.45, 7) is 1.53. The van der Waals surface area contributed by atoms with Crippen molar-refractivity contribution in [1.29, 1.82) is 0 Å². The molecule has 1 aromatic rings. The predicted octanol–water partition coefficient (Wildman–Crippen LogP) is 1.06. The maximum atomic E-state index is 12.8. The summed E-state index contributed by atoms with van der Waals surface area (Å²) in [5.41, 5.74) is 0. The molecule has 0 spiro atoms. The maximum Gasteiger partial charge on any atom is 0.319 e. The Kier molecular flexibility index (Phi) is 5.22. The fraction of sp³-hybridized carbons (Fsp3) is 0.733. The summed E-state index contributed by atoms with van der Waals surface area (Å²) in [5.74, 6) is 0.563. The lowest BCUT2D eigenvalue weighted by molar-refractivity contribution is -0.133. The number of halogens is 2. The Balaban J connectivity index is 1.46. The molecule has 1 unspecified atom stereocenters. The van der Waals surface area contributed by atoms with Crippen LogP contribution in [0.15, 0.2) is 12.4 Å². The van der Waals surface area contributed by atoms with Crippen LogP contribution in [0.4, 0.5) is 8.78 Å². The van der Waals surface area contributed by atoms with E-state index in [-0.39, 0.29) is 5.91 Å². The van der Waals surface area contributed by atoms with Crippen molar-refractivity contribution in [3.8, 4) is 0 Å². The Morgan fingerprint density at radius 1 is 1.35 bits per heavy atom. The van der Waals surface area contributed by atoms with E-state index in [0.717, 1.165) is 24.0 Å². The molecule has 1 amide bonds. The van der Waals surface area contributed by atoms with Gasteiger partial charge < -0.3 is 10.2 Å². The second kappa shape index (κ2) is 7.35. The van der Waals surface area contributed by atoms with E-state index in [4.69, 9.17) is 0 Å². The van der Waals surface area contributed by atoms with Gasteiger partial charge in [0.1, 0.15) is 5.82 Å². The fourth-order valence-electron chi connectivity index (χ4n) is 3.27. The number of imidazole rings is 1. The molecule has 23 heavy (non-hydrogen) atoms. The first-order valence-electron chi connectivity index (χ1n) is 8.17. The lowest BCUT2D eigenvalue weighted by Gasteiger charge is -2.35. The van der Waals surface area contributed by atoms with Crippen LogP contribution in [-0.2, 0) is 11.3 Å². The lowest BCUT2D eigenvalue weighted by Crippen LogP contribution is -2.49. The quantitative estimate of drug-likeness (QED) is 0.879. The number of carbonyl (C=O) groups is 1. The van der Waals surface area contributed by atoms with Crippen LogP contribution in [0, 0.1) is 0 Å². The molecule has 3 heterocycles. The van der Waals surface area contributed by atoms with Crippen LogP contribution in [-0.4, -0.2) is 64.0 Å². The minimum Gasteiger partial charge on any atom is -0.340 e. The van der Waals surface area contributed by atoms with Crippen molar-refractivity contribution in [1.82, 2.24) is 24.7 Å². The van der Waals surface area contributed by atoms with Crippen LogP contribution < -0.4 is 5.32 Å². The minimum atomic E-state index is -2.56. The van der Waals surface area contributed by atoms with E-state index in [9.17, 15) is 13.6 Å². The molecule has 128 valence electrons. The Morgan fingerprint density at radius 3 is 2.78 bits per heavy atom. The van der Waals surface area contributed by atoms with E-state index in [2.05, 4.69) is 15.2 Å². The second-order valence-electron chi connectivity index (χ2n) is 6.18. The standard InChI is InChI=1S/C15H23F2N5O/c16-15(17)22-5-4-19-13(22)11-20-6-8-21(9-7-20)14(23)10-12-2-1-3-18-12/h4-5,12,15,18H,1-3,6-11H2. The van der Waals surface area contributed by atoms with Crippen molar-refractivity contribution in [2.75, 3.05) is 32.7 Å². The van der Waals surface area contributed by atoms with Crippen molar-refractivity contribution in [3.63, 3.8) is 0 Å². The van der Waals surface area contributed by atoms with Gasteiger partial charge in [-0.05, 0) is 19.4 Å². The molecule has 1 aromatic heterocycles. The zero-order valence-corrected chi connectivity index (χ0v) is 13.1. The van der Waals surface area contributed by atoms with E-state index in [1.165, 1.54) is 12.4 Å². The Morgan fingerprint density at radius 2 is 2.13 bits per heavy atom. The molecule has 3 rings (SSSR count). The van der Waals surface area contributed by atoms with Gasteiger partial charge in [-0.3, -0.25) is 14.3 Å². The first-order valence-corrected chi connectivity index (χ1v) is 8.17. The summed E-state index contributed by atoms with van der Waals surface area (Å²) >= 11 is 0. The van der Waals surface area contributed by atoms with E-state index in [1.807, 2.05) is 4.90 Å². The van der Waals surface area contributed by atoms with Crippen LogP contribution >= 0.6 is 0 Å². The highest BCUT2D eigenvalue weighted by atomic mass is 19.3. The van der Waals surface area contributed by atoms with Crippen LogP contribution in [0.2, 0.25) is 0 Å². The minimum absolute atomic E-state index is 0.193. The molecule has 0 bridgehead atoms. The van der Waals surface area contributed by atoms with Crippen LogP contribution in [0.3, 0.4) is 0 Å². The molecular formula is C15H23F2N5O. The van der Waals surface area contributed by atoms with Crippen LogP contribution in [0.5, 0.6) is 0 Å². The van der Waals surface area contributed by atoms with Gasteiger partial charge in [0, 0.05) is 51.0 Å². The molecule has 0 radical (unpaired) electrons. The highest BCUT2D eigenvalue weighted by Gasteiger charge is 2.25. The van der Waals surface area contributed by atoms with Gasteiger partial charge in [0.15, 0.2) is 0 Å². The number of alkyl halides is 2. The van der Waals surface area contributed by atoms with E-state index >= 15 is 0 Å². The van der Waals surface area contributed by atoms with Crippen LogP contribution in [0.25, 0.3) is 0 Å². The molecule has 2 saturated heterocycles. The Hall–Kier alpha value is -1.54. The highest BCUT2D eigenvalue weighted by molar-refractivity contribution is 5.77. The predicted molar refractivity (Wildman–Crippen MR) is 81.0 cm³/mol. The van der Waals surface area contributed by atoms with Crippen molar-refractivity contribution < 1.29 is 13.6 Å².